The third kappa shape index (κ3) is 2.13. The first-order chi connectivity index (χ1) is 10.5. The van der Waals surface area contributed by atoms with E-state index in [-0.39, 0.29) is 17.7 Å². The van der Waals surface area contributed by atoms with Gasteiger partial charge in [0.1, 0.15) is 5.60 Å². The monoisotopic (exact) mass is 341 g/mol. The maximum atomic E-state index is 11.7. The van der Waals surface area contributed by atoms with Gasteiger partial charge in [-0.2, -0.15) is 0 Å². The summed E-state index contributed by atoms with van der Waals surface area (Å²) in [4.78, 5) is 12.9. The molecule has 3 heterocycles. The fourth-order valence-electron chi connectivity index (χ4n) is 4.26. The van der Waals surface area contributed by atoms with Gasteiger partial charge in [0.25, 0.3) is 0 Å². The summed E-state index contributed by atoms with van der Waals surface area (Å²) >= 11 is 7.84. The minimum Gasteiger partial charge on any atom is -0.481 e. The Morgan fingerprint density at radius 2 is 2.27 bits per heavy atom. The van der Waals surface area contributed by atoms with Gasteiger partial charge in [0.2, 0.25) is 0 Å². The molecule has 120 valence electrons. The van der Waals surface area contributed by atoms with Crippen LogP contribution in [0.5, 0.6) is 0 Å². The van der Waals surface area contributed by atoms with Gasteiger partial charge in [0.05, 0.1) is 16.4 Å². The van der Waals surface area contributed by atoms with E-state index in [1.54, 1.807) is 11.3 Å². The number of halogens is 1. The number of fused-ring (bicyclic) bond motifs is 2. The minimum absolute atomic E-state index is 0.0272. The lowest BCUT2D eigenvalue weighted by atomic mass is 9.75. The van der Waals surface area contributed by atoms with Gasteiger partial charge in [0, 0.05) is 17.0 Å². The largest absolute Gasteiger partial charge is 0.481 e. The van der Waals surface area contributed by atoms with Crippen LogP contribution >= 0.6 is 22.9 Å². The molecule has 3 aliphatic rings. The summed E-state index contributed by atoms with van der Waals surface area (Å²) in [5.41, 5.74) is 0.337. The molecule has 1 spiro atoms. The summed E-state index contributed by atoms with van der Waals surface area (Å²) in [5.74, 6) is -0.672. The molecule has 3 atom stereocenters. The highest BCUT2D eigenvalue weighted by Crippen LogP contribution is 2.56. The maximum Gasteiger partial charge on any atom is 0.311 e. The van der Waals surface area contributed by atoms with Gasteiger partial charge in [-0.3, -0.25) is 4.79 Å². The molecule has 6 heteroatoms. The number of carboxylic acid groups (broad SMARTS) is 1. The van der Waals surface area contributed by atoms with Crippen LogP contribution in [-0.4, -0.2) is 29.8 Å². The van der Waals surface area contributed by atoms with Crippen LogP contribution < -0.4 is 5.32 Å². The van der Waals surface area contributed by atoms with Crippen molar-refractivity contribution in [3.05, 3.63) is 20.8 Å². The van der Waals surface area contributed by atoms with Crippen molar-refractivity contribution in [2.75, 3.05) is 6.61 Å². The van der Waals surface area contributed by atoms with E-state index in [9.17, 15) is 9.90 Å². The number of carbonyl (C=O) groups is 1. The molecular weight excluding hydrogens is 322 g/mol. The summed E-state index contributed by atoms with van der Waals surface area (Å²) in [6.45, 7) is 2.82. The third-order valence-electron chi connectivity index (χ3n) is 5.48. The van der Waals surface area contributed by atoms with Crippen molar-refractivity contribution in [2.24, 2.45) is 5.41 Å². The smallest absolute Gasteiger partial charge is 0.311 e. The molecule has 0 unspecified atom stereocenters. The van der Waals surface area contributed by atoms with Gasteiger partial charge in [-0.1, -0.05) is 11.6 Å². The molecule has 4 nitrogen and oxygen atoms in total. The Labute approximate surface area is 138 Å². The molecule has 1 saturated carbocycles. The normalized spacial score (nSPS) is 36.1. The van der Waals surface area contributed by atoms with Crippen molar-refractivity contribution >= 4 is 28.9 Å². The van der Waals surface area contributed by atoms with E-state index in [0.717, 1.165) is 36.4 Å². The number of ether oxygens (including phenoxy) is 1. The van der Waals surface area contributed by atoms with Gasteiger partial charge in [-0.25, -0.2) is 0 Å². The lowest BCUT2D eigenvalue weighted by molar-refractivity contribution is -0.148. The molecule has 0 bridgehead atoms. The maximum absolute atomic E-state index is 11.7. The Hall–Kier alpha value is -0.620. The molecule has 4 rings (SSSR count). The Morgan fingerprint density at radius 1 is 1.50 bits per heavy atom. The van der Waals surface area contributed by atoms with Crippen molar-refractivity contribution in [3.63, 3.8) is 0 Å². The van der Waals surface area contributed by atoms with E-state index in [2.05, 4.69) is 18.3 Å². The number of hydrogen-bond acceptors (Lipinski definition) is 4. The number of aliphatic carboxylic acids is 1. The van der Waals surface area contributed by atoms with Crippen molar-refractivity contribution in [2.45, 2.75) is 56.7 Å². The molecule has 2 fully saturated rings. The minimum atomic E-state index is -0.672. The zero-order valence-electron chi connectivity index (χ0n) is 12.5. The van der Waals surface area contributed by atoms with Gasteiger partial charge >= 0.3 is 5.97 Å². The van der Waals surface area contributed by atoms with E-state index in [1.807, 2.05) is 0 Å². The van der Waals surface area contributed by atoms with Crippen LogP contribution in [0, 0.1) is 5.41 Å². The van der Waals surface area contributed by atoms with Crippen molar-refractivity contribution < 1.29 is 14.6 Å². The predicted octanol–water partition coefficient (Wildman–Crippen LogP) is 3.17. The zero-order valence-corrected chi connectivity index (χ0v) is 14.1. The number of nitrogens with one attached hydrogen (secondary N) is 1. The Kier molecular flexibility index (Phi) is 3.35. The molecule has 22 heavy (non-hydrogen) atoms. The van der Waals surface area contributed by atoms with Crippen molar-refractivity contribution in [1.82, 2.24) is 5.32 Å². The second kappa shape index (κ2) is 4.94. The van der Waals surface area contributed by atoms with Crippen molar-refractivity contribution in [3.8, 4) is 0 Å². The van der Waals surface area contributed by atoms with Crippen LogP contribution in [0.2, 0.25) is 4.34 Å². The number of rotatable bonds is 2. The summed E-state index contributed by atoms with van der Waals surface area (Å²) in [7, 11) is 0. The standard InChI is InChI=1S/C16H20ClNO3S/c1-9-7-16(8-11(18-9)15(3-4-15)14(19)20)13-10(2-5-21-16)6-12(17)22-13/h6,9,11,18H,2-5,7-8H2,1H3,(H,19,20)/t9-,11-,16-/m0/s1. The molecule has 1 aromatic heterocycles. The van der Waals surface area contributed by atoms with Crippen LogP contribution in [0.1, 0.15) is 43.0 Å². The molecule has 0 radical (unpaired) electrons. The number of thiophene rings is 1. The van der Waals surface area contributed by atoms with E-state index in [0.29, 0.717) is 6.61 Å². The molecule has 2 aliphatic heterocycles. The first-order valence-electron chi connectivity index (χ1n) is 7.87. The third-order valence-corrected chi connectivity index (χ3v) is 6.97. The topological polar surface area (TPSA) is 58.6 Å². The molecule has 2 N–H and O–H groups in total. The van der Waals surface area contributed by atoms with Gasteiger partial charge in [0.15, 0.2) is 0 Å². The van der Waals surface area contributed by atoms with E-state index in [1.165, 1.54) is 10.4 Å². The van der Waals surface area contributed by atoms with E-state index < -0.39 is 11.4 Å². The van der Waals surface area contributed by atoms with Gasteiger partial charge in [-0.05, 0) is 50.7 Å². The van der Waals surface area contributed by atoms with E-state index >= 15 is 0 Å². The lowest BCUT2D eigenvalue weighted by Gasteiger charge is -2.47. The highest BCUT2D eigenvalue weighted by atomic mass is 35.5. The molecule has 1 aliphatic carbocycles. The fourth-order valence-corrected chi connectivity index (χ4v) is 5.72. The Balaban J connectivity index is 1.72. The predicted molar refractivity (Wildman–Crippen MR) is 85.6 cm³/mol. The highest BCUT2D eigenvalue weighted by molar-refractivity contribution is 7.16. The highest BCUT2D eigenvalue weighted by Gasteiger charge is 2.60. The Bertz CT molecular complexity index is 627. The van der Waals surface area contributed by atoms with Crippen LogP contribution in [0.25, 0.3) is 0 Å². The zero-order chi connectivity index (χ0) is 15.5. The fraction of sp³-hybridized carbons (Fsp3) is 0.688. The molecule has 0 amide bonds. The quantitative estimate of drug-likeness (QED) is 0.867. The first-order valence-corrected chi connectivity index (χ1v) is 9.07. The second-order valence-corrected chi connectivity index (χ2v) is 8.67. The molecule has 1 saturated heterocycles. The number of carboxylic acids is 1. The summed E-state index contributed by atoms with van der Waals surface area (Å²) in [6.07, 6.45) is 4.04. The molecular formula is C16H20ClNO3S. The van der Waals surface area contributed by atoms with Gasteiger partial charge in [-0.15, -0.1) is 11.3 Å². The summed E-state index contributed by atoms with van der Waals surface area (Å²) in [6, 6.07) is 2.26. The van der Waals surface area contributed by atoms with Crippen LogP contribution in [0.3, 0.4) is 0 Å². The second-order valence-electron chi connectivity index (χ2n) is 6.99. The van der Waals surface area contributed by atoms with Crippen LogP contribution in [0.4, 0.5) is 0 Å². The van der Waals surface area contributed by atoms with Crippen LogP contribution in [0.15, 0.2) is 6.07 Å². The van der Waals surface area contributed by atoms with Crippen molar-refractivity contribution in [1.29, 1.82) is 0 Å². The number of hydrogen-bond donors (Lipinski definition) is 2. The molecule has 1 aromatic rings. The average molecular weight is 342 g/mol. The SMILES string of the molecule is C[C@H]1C[C@@]2(C[C@@H](C3(C(=O)O)CC3)N1)OCCc1cc(Cl)sc12. The average Bonchev–Trinajstić information content (AvgIpc) is 3.16. The van der Waals surface area contributed by atoms with E-state index in [4.69, 9.17) is 16.3 Å². The van der Waals surface area contributed by atoms with Gasteiger partial charge < -0.3 is 15.2 Å². The summed E-state index contributed by atoms with van der Waals surface area (Å²) in [5, 5.41) is 13.1. The molecule has 0 aromatic carbocycles. The first kappa shape index (κ1) is 14.9. The van der Waals surface area contributed by atoms with Crippen LogP contribution in [-0.2, 0) is 21.6 Å². The number of piperidine rings is 1. The Morgan fingerprint density at radius 3 is 2.95 bits per heavy atom. The lowest BCUT2D eigenvalue weighted by Crippen LogP contribution is -2.57. The summed E-state index contributed by atoms with van der Waals surface area (Å²) < 4.78 is 7.07.